The maximum absolute atomic E-state index is 4.25. The summed E-state index contributed by atoms with van der Waals surface area (Å²) >= 11 is 4.65. The standard InChI is InChI=1S/C14H13I2N3/c1-17-14-12(15)7-10(8-13(14)16)9-18-19-11-5-3-2-4-6-11/h2-9,17,19H,1H3/b18-9-. The van der Waals surface area contributed by atoms with E-state index in [1.54, 1.807) is 0 Å². The minimum atomic E-state index is 0.981. The molecular weight excluding hydrogens is 464 g/mol. The molecule has 0 saturated carbocycles. The number of hydrogen-bond acceptors (Lipinski definition) is 3. The van der Waals surface area contributed by atoms with Gasteiger partial charge in [0.2, 0.25) is 0 Å². The van der Waals surface area contributed by atoms with Crippen molar-refractivity contribution in [2.45, 2.75) is 0 Å². The molecule has 2 N–H and O–H groups in total. The number of benzene rings is 2. The van der Waals surface area contributed by atoms with Crippen LogP contribution in [0, 0.1) is 7.14 Å². The van der Waals surface area contributed by atoms with E-state index in [0.29, 0.717) is 0 Å². The van der Waals surface area contributed by atoms with Gasteiger partial charge in [-0.1, -0.05) is 18.2 Å². The summed E-state index contributed by atoms with van der Waals surface area (Å²) in [4.78, 5) is 0. The summed E-state index contributed by atoms with van der Waals surface area (Å²) in [5, 5.41) is 7.45. The third-order valence-electron chi connectivity index (χ3n) is 2.50. The van der Waals surface area contributed by atoms with Crippen LogP contribution < -0.4 is 10.7 Å². The van der Waals surface area contributed by atoms with Gasteiger partial charge in [-0.25, -0.2) is 0 Å². The summed E-state index contributed by atoms with van der Waals surface area (Å²) in [5.74, 6) is 0. The number of nitrogens with zero attached hydrogens (tertiary/aromatic N) is 1. The minimum Gasteiger partial charge on any atom is -0.386 e. The molecule has 0 unspecified atom stereocenters. The summed E-state index contributed by atoms with van der Waals surface area (Å²) in [6, 6.07) is 14.1. The molecule has 0 bridgehead atoms. The molecule has 2 aromatic carbocycles. The molecule has 0 aliphatic rings. The molecule has 98 valence electrons. The molecule has 19 heavy (non-hydrogen) atoms. The molecule has 0 atom stereocenters. The van der Waals surface area contributed by atoms with Gasteiger partial charge in [0.15, 0.2) is 0 Å². The molecule has 0 aliphatic carbocycles. The zero-order valence-corrected chi connectivity index (χ0v) is 14.6. The Kier molecular flexibility index (Phi) is 5.44. The number of anilines is 2. The Hall–Kier alpha value is -0.830. The fourth-order valence-electron chi connectivity index (χ4n) is 1.60. The average molecular weight is 477 g/mol. The lowest BCUT2D eigenvalue weighted by Gasteiger charge is -2.07. The van der Waals surface area contributed by atoms with Crippen molar-refractivity contribution in [2.75, 3.05) is 17.8 Å². The van der Waals surface area contributed by atoms with Crippen LogP contribution in [0.1, 0.15) is 5.56 Å². The quantitative estimate of drug-likeness (QED) is 0.390. The molecule has 0 amide bonds. The molecular formula is C14H13I2N3. The highest BCUT2D eigenvalue weighted by Gasteiger charge is 2.04. The molecule has 0 spiro atoms. The average Bonchev–Trinajstić information content (AvgIpc) is 2.40. The van der Waals surface area contributed by atoms with Crippen molar-refractivity contribution in [1.82, 2.24) is 0 Å². The molecule has 0 fully saturated rings. The van der Waals surface area contributed by atoms with Crippen molar-refractivity contribution < 1.29 is 0 Å². The normalized spacial score (nSPS) is 10.7. The van der Waals surface area contributed by atoms with Gasteiger partial charge in [-0.15, -0.1) is 0 Å². The summed E-state index contributed by atoms with van der Waals surface area (Å²) in [6.45, 7) is 0. The van der Waals surface area contributed by atoms with Crippen molar-refractivity contribution in [3.8, 4) is 0 Å². The van der Waals surface area contributed by atoms with Gasteiger partial charge in [0, 0.05) is 14.2 Å². The largest absolute Gasteiger partial charge is 0.386 e. The first-order valence-electron chi connectivity index (χ1n) is 5.71. The Morgan fingerprint density at radius 3 is 2.26 bits per heavy atom. The van der Waals surface area contributed by atoms with Crippen molar-refractivity contribution in [3.05, 3.63) is 55.2 Å². The predicted octanol–water partition coefficient (Wildman–Crippen LogP) is 4.38. The van der Waals surface area contributed by atoms with Crippen molar-refractivity contribution in [1.29, 1.82) is 0 Å². The summed E-state index contributed by atoms with van der Waals surface area (Å²) in [5.41, 5.74) is 6.23. The number of nitrogens with one attached hydrogen (secondary N) is 2. The van der Waals surface area contributed by atoms with E-state index in [1.807, 2.05) is 43.6 Å². The fraction of sp³-hybridized carbons (Fsp3) is 0.0714. The van der Waals surface area contributed by atoms with Crippen molar-refractivity contribution in [2.24, 2.45) is 5.10 Å². The monoisotopic (exact) mass is 477 g/mol. The number of hydrogen-bond donors (Lipinski definition) is 2. The van der Waals surface area contributed by atoms with Gasteiger partial charge in [-0.2, -0.15) is 5.10 Å². The zero-order chi connectivity index (χ0) is 13.7. The second-order valence-electron chi connectivity index (χ2n) is 3.85. The Balaban J connectivity index is 2.11. The summed E-state index contributed by atoms with van der Waals surface area (Å²) in [7, 11) is 1.93. The minimum absolute atomic E-state index is 0.981. The van der Waals surface area contributed by atoms with Crippen molar-refractivity contribution >= 4 is 62.8 Å². The second kappa shape index (κ2) is 7.09. The Bertz CT molecular complexity index is 559. The Morgan fingerprint density at radius 2 is 1.68 bits per heavy atom. The molecule has 2 rings (SSSR count). The smallest absolute Gasteiger partial charge is 0.0609 e. The van der Waals surface area contributed by atoms with E-state index < -0.39 is 0 Å². The second-order valence-corrected chi connectivity index (χ2v) is 6.17. The lowest BCUT2D eigenvalue weighted by Crippen LogP contribution is -1.97. The molecule has 5 heteroatoms. The van der Waals surface area contributed by atoms with Crippen LogP contribution in [0.5, 0.6) is 0 Å². The van der Waals surface area contributed by atoms with Gasteiger partial charge in [-0.05, 0) is 75.0 Å². The van der Waals surface area contributed by atoms with Gasteiger partial charge in [-0.3, -0.25) is 5.43 Å². The maximum Gasteiger partial charge on any atom is 0.0609 e. The first-order valence-corrected chi connectivity index (χ1v) is 7.87. The van der Waals surface area contributed by atoms with Crippen LogP contribution in [0.25, 0.3) is 0 Å². The molecule has 0 saturated heterocycles. The molecule has 2 aromatic rings. The number of para-hydroxylation sites is 1. The zero-order valence-electron chi connectivity index (χ0n) is 10.3. The van der Waals surface area contributed by atoms with Crippen LogP contribution in [-0.4, -0.2) is 13.3 Å². The molecule has 3 nitrogen and oxygen atoms in total. The highest BCUT2D eigenvalue weighted by atomic mass is 127. The van der Waals surface area contributed by atoms with Crippen LogP contribution in [0.4, 0.5) is 11.4 Å². The number of hydrazone groups is 1. The summed E-state index contributed by atoms with van der Waals surface area (Å²) < 4.78 is 2.38. The molecule has 0 aliphatic heterocycles. The first kappa shape index (κ1) is 14.6. The van der Waals surface area contributed by atoms with Crippen LogP contribution in [-0.2, 0) is 0 Å². The van der Waals surface area contributed by atoms with Gasteiger partial charge < -0.3 is 5.32 Å². The van der Waals surface area contributed by atoms with Gasteiger partial charge in [0.25, 0.3) is 0 Å². The van der Waals surface area contributed by atoms with Gasteiger partial charge in [0.05, 0.1) is 17.6 Å². The maximum atomic E-state index is 4.25. The lowest BCUT2D eigenvalue weighted by atomic mass is 10.2. The number of rotatable bonds is 4. The van der Waals surface area contributed by atoms with E-state index in [1.165, 1.54) is 7.14 Å². The van der Waals surface area contributed by atoms with Crippen LogP contribution in [0.2, 0.25) is 0 Å². The molecule has 0 radical (unpaired) electrons. The molecule has 0 aromatic heterocycles. The Labute approximate surface area is 140 Å². The van der Waals surface area contributed by atoms with E-state index >= 15 is 0 Å². The first-order chi connectivity index (χ1) is 9.20. The topological polar surface area (TPSA) is 36.4 Å². The Morgan fingerprint density at radius 1 is 1.05 bits per heavy atom. The van der Waals surface area contributed by atoms with Gasteiger partial charge >= 0.3 is 0 Å². The van der Waals surface area contributed by atoms with Crippen LogP contribution in [0.3, 0.4) is 0 Å². The van der Waals surface area contributed by atoms with E-state index in [-0.39, 0.29) is 0 Å². The highest BCUT2D eigenvalue weighted by molar-refractivity contribution is 14.1. The summed E-state index contributed by atoms with van der Waals surface area (Å²) in [6.07, 6.45) is 1.83. The van der Waals surface area contributed by atoms with Crippen LogP contribution >= 0.6 is 45.2 Å². The highest BCUT2D eigenvalue weighted by Crippen LogP contribution is 2.25. The van der Waals surface area contributed by atoms with Crippen LogP contribution in [0.15, 0.2) is 47.6 Å². The fourth-order valence-corrected chi connectivity index (χ4v) is 3.96. The van der Waals surface area contributed by atoms with E-state index in [2.05, 4.69) is 73.2 Å². The van der Waals surface area contributed by atoms with Crippen molar-refractivity contribution in [3.63, 3.8) is 0 Å². The van der Waals surface area contributed by atoms with Gasteiger partial charge in [0.1, 0.15) is 0 Å². The van der Waals surface area contributed by atoms with E-state index in [9.17, 15) is 0 Å². The third-order valence-corrected chi connectivity index (χ3v) is 4.20. The predicted molar refractivity (Wildman–Crippen MR) is 99.1 cm³/mol. The van der Waals surface area contributed by atoms with E-state index in [4.69, 9.17) is 0 Å². The third kappa shape index (κ3) is 4.07. The lowest BCUT2D eigenvalue weighted by molar-refractivity contribution is 1.35. The molecule has 0 heterocycles. The number of halogens is 2. The van der Waals surface area contributed by atoms with E-state index in [0.717, 1.165) is 16.9 Å². The SMILES string of the molecule is CNc1c(I)cc(/C=N\Nc2ccccc2)cc1I.